The number of aryl methyl sites for hydroxylation is 1. The fourth-order valence-electron chi connectivity index (χ4n) is 2.88. The minimum absolute atomic E-state index is 0. The molecule has 0 saturated heterocycles. The molecule has 0 radical (unpaired) electrons. The Morgan fingerprint density at radius 3 is 2.58 bits per heavy atom. The Morgan fingerprint density at radius 2 is 2.00 bits per heavy atom. The number of guanidine groups is 1. The van der Waals surface area contributed by atoms with Gasteiger partial charge in [-0.3, -0.25) is 0 Å². The van der Waals surface area contributed by atoms with E-state index in [9.17, 15) is 0 Å². The summed E-state index contributed by atoms with van der Waals surface area (Å²) in [5, 5.41) is 16.4. The Morgan fingerprint density at radius 1 is 1.26 bits per heavy atom. The van der Waals surface area contributed by atoms with Crippen molar-refractivity contribution < 1.29 is 4.42 Å². The second kappa shape index (κ2) is 13.3. The number of thioether (sulfide) groups is 1. The SMILES string of the molecule is CCNC(=NCc1ncc(C(C)(C)C)o1)NCCCc1nnc(SC)n1CC(C)C.I. The highest BCUT2D eigenvalue weighted by atomic mass is 127. The average molecular weight is 564 g/mol. The number of nitrogens with zero attached hydrogens (tertiary/aromatic N) is 5. The summed E-state index contributed by atoms with van der Waals surface area (Å²) in [6, 6.07) is 0. The quantitative estimate of drug-likeness (QED) is 0.147. The molecule has 0 aliphatic rings. The summed E-state index contributed by atoms with van der Waals surface area (Å²) in [7, 11) is 0. The van der Waals surface area contributed by atoms with E-state index < -0.39 is 0 Å². The number of nitrogens with one attached hydrogen (secondary N) is 2. The Labute approximate surface area is 207 Å². The van der Waals surface area contributed by atoms with Crippen LogP contribution in [0.15, 0.2) is 20.8 Å². The topological polar surface area (TPSA) is 93.2 Å². The molecule has 0 aromatic carbocycles. The Balaban J connectivity index is 0.00000480. The van der Waals surface area contributed by atoms with Crippen molar-refractivity contribution in [3.8, 4) is 0 Å². The number of rotatable bonds is 10. The molecule has 2 aromatic heterocycles. The number of oxazole rings is 1. The summed E-state index contributed by atoms with van der Waals surface area (Å²) in [5.74, 6) is 3.88. The molecule has 0 fully saturated rings. The summed E-state index contributed by atoms with van der Waals surface area (Å²) < 4.78 is 8.06. The minimum Gasteiger partial charge on any atom is -0.443 e. The van der Waals surface area contributed by atoms with Crippen LogP contribution in [0, 0.1) is 5.92 Å². The van der Waals surface area contributed by atoms with E-state index in [-0.39, 0.29) is 29.4 Å². The molecule has 2 heterocycles. The number of aromatic nitrogens is 4. The second-order valence-corrected chi connectivity index (χ2v) is 9.47. The van der Waals surface area contributed by atoms with Crippen LogP contribution in [-0.4, -0.2) is 45.1 Å². The Hall–Kier alpha value is -1.30. The number of aliphatic imine (C=N–C) groups is 1. The van der Waals surface area contributed by atoms with E-state index in [0.717, 1.165) is 55.2 Å². The molecular formula is C21H38IN7OS. The van der Waals surface area contributed by atoms with Crippen molar-refractivity contribution in [2.24, 2.45) is 10.9 Å². The number of hydrogen-bond acceptors (Lipinski definition) is 6. The third-order valence-electron chi connectivity index (χ3n) is 4.40. The third-order valence-corrected chi connectivity index (χ3v) is 5.07. The second-order valence-electron chi connectivity index (χ2n) is 8.70. The first kappa shape index (κ1) is 27.7. The lowest BCUT2D eigenvalue weighted by molar-refractivity contribution is 0.383. The maximum atomic E-state index is 5.82. The fourth-order valence-corrected chi connectivity index (χ4v) is 3.40. The van der Waals surface area contributed by atoms with Crippen molar-refractivity contribution in [1.82, 2.24) is 30.4 Å². The van der Waals surface area contributed by atoms with Crippen LogP contribution in [0.4, 0.5) is 0 Å². The zero-order valence-electron chi connectivity index (χ0n) is 19.9. The fraction of sp³-hybridized carbons (Fsp3) is 0.714. The lowest BCUT2D eigenvalue weighted by Crippen LogP contribution is -2.38. The molecule has 0 saturated carbocycles. The van der Waals surface area contributed by atoms with E-state index >= 15 is 0 Å². The molecule has 0 atom stereocenters. The Kier molecular flexibility index (Phi) is 11.9. The van der Waals surface area contributed by atoms with Crippen LogP contribution in [0.1, 0.15) is 65.4 Å². The zero-order chi connectivity index (χ0) is 22.1. The van der Waals surface area contributed by atoms with Crippen LogP contribution >= 0.6 is 35.7 Å². The van der Waals surface area contributed by atoms with Crippen LogP contribution in [0.25, 0.3) is 0 Å². The van der Waals surface area contributed by atoms with Crippen LogP contribution in [-0.2, 0) is 24.9 Å². The predicted octanol–water partition coefficient (Wildman–Crippen LogP) is 4.25. The predicted molar refractivity (Wildman–Crippen MR) is 138 cm³/mol. The highest BCUT2D eigenvalue weighted by Gasteiger charge is 2.19. The molecule has 2 aromatic rings. The zero-order valence-corrected chi connectivity index (χ0v) is 23.0. The van der Waals surface area contributed by atoms with Crippen LogP contribution in [0.3, 0.4) is 0 Å². The highest BCUT2D eigenvalue weighted by molar-refractivity contribution is 14.0. The molecule has 0 spiro atoms. The molecule has 0 unspecified atom stereocenters. The third kappa shape index (κ3) is 8.99. The van der Waals surface area contributed by atoms with Crippen molar-refractivity contribution in [2.45, 2.75) is 78.0 Å². The van der Waals surface area contributed by atoms with E-state index in [2.05, 4.69) is 76.9 Å². The van der Waals surface area contributed by atoms with Gasteiger partial charge in [-0.1, -0.05) is 46.4 Å². The molecule has 176 valence electrons. The maximum Gasteiger partial charge on any atom is 0.216 e. The van der Waals surface area contributed by atoms with Gasteiger partial charge in [-0.25, -0.2) is 9.98 Å². The molecule has 8 nitrogen and oxygen atoms in total. The first-order valence-electron chi connectivity index (χ1n) is 10.7. The van der Waals surface area contributed by atoms with Crippen LogP contribution < -0.4 is 10.6 Å². The van der Waals surface area contributed by atoms with E-state index in [0.29, 0.717) is 18.4 Å². The summed E-state index contributed by atoms with van der Waals surface area (Å²) in [6.45, 7) is 15.8. The van der Waals surface area contributed by atoms with Gasteiger partial charge in [0.1, 0.15) is 18.1 Å². The van der Waals surface area contributed by atoms with E-state index in [1.165, 1.54) is 0 Å². The van der Waals surface area contributed by atoms with E-state index in [4.69, 9.17) is 4.42 Å². The molecule has 31 heavy (non-hydrogen) atoms. The monoisotopic (exact) mass is 563 g/mol. The molecule has 10 heteroatoms. The molecule has 0 aliphatic heterocycles. The van der Waals surface area contributed by atoms with Gasteiger partial charge in [0, 0.05) is 31.5 Å². The Bertz CT molecular complexity index is 811. The summed E-state index contributed by atoms with van der Waals surface area (Å²) in [4.78, 5) is 8.94. The average Bonchev–Trinajstić information content (AvgIpc) is 3.30. The van der Waals surface area contributed by atoms with Crippen molar-refractivity contribution in [1.29, 1.82) is 0 Å². The van der Waals surface area contributed by atoms with Crippen molar-refractivity contribution in [3.63, 3.8) is 0 Å². The molecular weight excluding hydrogens is 525 g/mol. The lowest BCUT2D eigenvalue weighted by atomic mass is 9.94. The highest BCUT2D eigenvalue weighted by Crippen LogP contribution is 2.22. The smallest absolute Gasteiger partial charge is 0.216 e. The summed E-state index contributed by atoms with van der Waals surface area (Å²) in [6.07, 6.45) is 5.66. The van der Waals surface area contributed by atoms with E-state index in [1.807, 2.05) is 6.26 Å². The van der Waals surface area contributed by atoms with Gasteiger partial charge in [-0.2, -0.15) is 0 Å². The van der Waals surface area contributed by atoms with Crippen molar-refractivity contribution in [2.75, 3.05) is 19.3 Å². The summed E-state index contributed by atoms with van der Waals surface area (Å²) in [5.41, 5.74) is -0.0516. The van der Waals surface area contributed by atoms with Gasteiger partial charge < -0.3 is 19.6 Å². The largest absolute Gasteiger partial charge is 0.443 e. The first-order chi connectivity index (χ1) is 14.2. The van der Waals surface area contributed by atoms with Gasteiger partial charge in [0.05, 0.1) is 6.20 Å². The maximum absolute atomic E-state index is 5.82. The first-order valence-corrected chi connectivity index (χ1v) is 11.9. The molecule has 0 aliphatic carbocycles. The normalized spacial score (nSPS) is 12.2. The molecule has 0 bridgehead atoms. The van der Waals surface area contributed by atoms with Gasteiger partial charge in [-0.15, -0.1) is 34.2 Å². The van der Waals surface area contributed by atoms with Gasteiger partial charge >= 0.3 is 0 Å². The van der Waals surface area contributed by atoms with Crippen molar-refractivity contribution in [3.05, 3.63) is 23.7 Å². The molecule has 2 rings (SSSR count). The molecule has 0 amide bonds. The van der Waals surface area contributed by atoms with Gasteiger partial charge in [-0.05, 0) is 25.5 Å². The van der Waals surface area contributed by atoms with Gasteiger partial charge in [0.2, 0.25) is 5.89 Å². The van der Waals surface area contributed by atoms with Crippen LogP contribution in [0.2, 0.25) is 0 Å². The number of hydrogen-bond donors (Lipinski definition) is 2. The number of halogens is 1. The minimum atomic E-state index is -0.0516. The van der Waals surface area contributed by atoms with Gasteiger partial charge in [0.15, 0.2) is 11.1 Å². The van der Waals surface area contributed by atoms with Crippen molar-refractivity contribution >= 4 is 41.7 Å². The van der Waals surface area contributed by atoms with Crippen LogP contribution in [0.5, 0.6) is 0 Å². The van der Waals surface area contributed by atoms with E-state index in [1.54, 1.807) is 18.0 Å². The standard InChI is InChI=1S/C21H37N7OS.HI/c1-8-22-19(25-13-18-24-12-16(29-18)21(4,5)6)23-11-9-10-17-26-27-20(30-7)28(17)14-15(2)3;/h12,15H,8-11,13-14H2,1-7H3,(H2,22,23,25);1H. The van der Waals surface area contributed by atoms with Gasteiger partial charge in [0.25, 0.3) is 0 Å². The molecule has 2 N–H and O–H groups in total. The lowest BCUT2D eigenvalue weighted by Gasteiger charge is -2.13. The summed E-state index contributed by atoms with van der Waals surface area (Å²) >= 11 is 1.65.